The number of rotatable bonds is 6. The maximum Gasteiger partial charge on any atom is 0.0492 e. The minimum atomic E-state index is 0.652. The van der Waals surface area contributed by atoms with Crippen LogP contribution in [0, 0.1) is 0 Å². The zero-order chi connectivity index (χ0) is 10.4. The van der Waals surface area contributed by atoms with E-state index in [1.807, 2.05) is 17.9 Å². The normalized spacial score (nSPS) is 13.1. The summed E-state index contributed by atoms with van der Waals surface area (Å²) < 4.78 is 1.99. The lowest BCUT2D eigenvalue weighted by atomic mass is 9.99. The van der Waals surface area contributed by atoms with Crippen molar-refractivity contribution in [3.05, 3.63) is 18.0 Å². The van der Waals surface area contributed by atoms with E-state index in [9.17, 15) is 0 Å². The number of unbranched alkanes of at least 4 members (excludes halogenated alkanes) is 3. The Morgan fingerprint density at radius 2 is 2.14 bits per heavy atom. The van der Waals surface area contributed by atoms with Crippen LogP contribution in [0.5, 0.6) is 0 Å². The molecule has 0 aliphatic rings. The quantitative estimate of drug-likeness (QED) is 0.634. The molecular formula is C12H22N2. The molecule has 80 valence electrons. The van der Waals surface area contributed by atoms with Crippen LogP contribution >= 0.6 is 0 Å². The third-order valence-corrected chi connectivity index (χ3v) is 2.85. The van der Waals surface area contributed by atoms with E-state index in [-0.39, 0.29) is 0 Å². The zero-order valence-corrected chi connectivity index (χ0v) is 9.66. The summed E-state index contributed by atoms with van der Waals surface area (Å²) in [6, 6.07) is 2.13. The van der Waals surface area contributed by atoms with Crippen LogP contribution in [0.2, 0.25) is 0 Å². The van der Waals surface area contributed by atoms with E-state index in [1.54, 1.807) is 0 Å². The molecule has 2 heteroatoms. The molecule has 2 nitrogen and oxygen atoms in total. The van der Waals surface area contributed by atoms with Gasteiger partial charge in [-0.1, -0.05) is 39.5 Å². The van der Waals surface area contributed by atoms with Crippen molar-refractivity contribution < 1.29 is 0 Å². The van der Waals surface area contributed by atoms with Crippen molar-refractivity contribution in [2.75, 3.05) is 0 Å². The Morgan fingerprint density at radius 3 is 2.71 bits per heavy atom. The fourth-order valence-corrected chi connectivity index (χ4v) is 1.89. The topological polar surface area (TPSA) is 17.8 Å². The van der Waals surface area contributed by atoms with Crippen LogP contribution in [0.1, 0.15) is 57.6 Å². The van der Waals surface area contributed by atoms with E-state index in [4.69, 9.17) is 0 Å². The molecule has 0 bridgehead atoms. The Hall–Kier alpha value is -0.790. The van der Waals surface area contributed by atoms with Crippen LogP contribution in [0.4, 0.5) is 0 Å². The molecule has 0 saturated carbocycles. The molecule has 0 aromatic carbocycles. The van der Waals surface area contributed by atoms with Gasteiger partial charge in [0.2, 0.25) is 0 Å². The summed E-state index contributed by atoms with van der Waals surface area (Å²) in [4.78, 5) is 0. The van der Waals surface area contributed by atoms with Crippen molar-refractivity contribution in [2.45, 2.75) is 51.9 Å². The van der Waals surface area contributed by atoms with E-state index in [0.717, 1.165) is 0 Å². The third kappa shape index (κ3) is 3.17. The lowest BCUT2D eigenvalue weighted by Crippen LogP contribution is -2.02. The third-order valence-electron chi connectivity index (χ3n) is 2.85. The SMILES string of the molecule is CCCCCCC(C)c1ccnn1C. The largest absolute Gasteiger partial charge is 0.272 e. The predicted octanol–water partition coefficient (Wildman–Crippen LogP) is 3.49. The van der Waals surface area contributed by atoms with Crippen molar-refractivity contribution >= 4 is 0 Å². The molecule has 1 unspecified atom stereocenters. The van der Waals surface area contributed by atoms with E-state index in [0.29, 0.717) is 5.92 Å². The molecular weight excluding hydrogens is 172 g/mol. The number of nitrogens with zero attached hydrogens (tertiary/aromatic N) is 2. The summed E-state index contributed by atoms with van der Waals surface area (Å²) in [5, 5.41) is 4.20. The summed E-state index contributed by atoms with van der Waals surface area (Å²) in [6.07, 6.45) is 8.59. The van der Waals surface area contributed by atoms with Gasteiger partial charge in [-0.2, -0.15) is 5.10 Å². The number of hydrogen-bond acceptors (Lipinski definition) is 1. The van der Waals surface area contributed by atoms with Gasteiger partial charge >= 0.3 is 0 Å². The van der Waals surface area contributed by atoms with E-state index < -0.39 is 0 Å². The molecule has 1 aromatic heterocycles. The molecule has 1 heterocycles. The van der Waals surface area contributed by atoms with Gasteiger partial charge in [0.25, 0.3) is 0 Å². The second kappa shape index (κ2) is 5.84. The van der Waals surface area contributed by atoms with Gasteiger partial charge in [0.05, 0.1) is 0 Å². The summed E-state index contributed by atoms with van der Waals surface area (Å²) in [7, 11) is 2.03. The Kier molecular flexibility index (Phi) is 4.71. The summed E-state index contributed by atoms with van der Waals surface area (Å²) >= 11 is 0. The molecule has 0 aliphatic carbocycles. The van der Waals surface area contributed by atoms with Crippen molar-refractivity contribution in [3.8, 4) is 0 Å². The van der Waals surface area contributed by atoms with Gasteiger partial charge in [0.15, 0.2) is 0 Å². The molecule has 0 amide bonds. The van der Waals surface area contributed by atoms with Gasteiger partial charge in [0.1, 0.15) is 0 Å². The van der Waals surface area contributed by atoms with E-state index >= 15 is 0 Å². The van der Waals surface area contributed by atoms with E-state index in [1.165, 1.54) is 37.8 Å². The van der Waals surface area contributed by atoms with Gasteiger partial charge in [-0.15, -0.1) is 0 Å². The number of aryl methyl sites for hydroxylation is 1. The fraction of sp³-hybridized carbons (Fsp3) is 0.750. The van der Waals surface area contributed by atoms with Crippen molar-refractivity contribution in [1.29, 1.82) is 0 Å². The predicted molar refractivity (Wildman–Crippen MR) is 60.4 cm³/mol. The highest BCUT2D eigenvalue weighted by molar-refractivity contribution is 5.05. The molecule has 1 rings (SSSR count). The molecule has 0 N–H and O–H groups in total. The average molecular weight is 194 g/mol. The highest BCUT2D eigenvalue weighted by Crippen LogP contribution is 2.20. The number of hydrogen-bond donors (Lipinski definition) is 0. The molecule has 0 aliphatic heterocycles. The van der Waals surface area contributed by atoms with Crippen LogP contribution in [-0.2, 0) is 7.05 Å². The summed E-state index contributed by atoms with van der Waals surface area (Å²) in [6.45, 7) is 4.55. The van der Waals surface area contributed by atoms with Crippen LogP contribution in [-0.4, -0.2) is 9.78 Å². The first-order valence-corrected chi connectivity index (χ1v) is 5.73. The molecule has 1 atom stereocenters. The van der Waals surface area contributed by atoms with Crippen LogP contribution < -0.4 is 0 Å². The average Bonchev–Trinajstić information content (AvgIpc) is 2.59. The Balaban J connectivity index is 2.28. The smallest absolute Gasteiger partial charge is 0.0492 e. The van der Waals surface area contributed by atoms with Gasteiger partial charge in [-0.05, 0) is 18.4 Å². The highest BCUT2D eigenvalue weighted by Gasteiger charge is 2.08. The molecule has 0 fully saturated rings. The Labute approximate surface area is 87.3 Å². The fourth-order valence-electron chi connectivity index (χ4n) is 1.89. The van der Waals surface area contributed by atoms with E-state index in [2.05, 4.69) is 25.0 Å². The van der Waals surface area contributed by atoms with Gasteiger partial charge in [-0.3, -0.25) is 4.68 Å². The van der Waals surface area contributed by atoms with Crippen LogP contribution in [0.3, 0.4) is 0 Å². The van der Waals surface area contributed by atoms with Gasteiger partial charge in [0, 0.05) is 18.9 Å². The van der Waals surface area contributed by atoms with Crippen LogP contribution in [0.15, 0.2) is 12.3 Å². The number of aromatic nitrogens is 2. The summed E-state index contributed by atoms with van der Waals surface area (Å²) in [5.74, 6) is 0.652. The standard InChI is InChI=1S/C12H22N2/c1-4-5-6-7-8-11(2)12-9-10-13-14(12)3/h9-11H,4-8H2,1-3H3. The molecule has 1 aromatic rings. The second-order valence-electron chi connectivity index (χ2n) is 4.13. The van der Waals surface area contributed by atoms with Crippen molar-refractivity contribution in [2.24, 2.45) is 7.05 Å². The lowest BCUT2D eigenvalue weighted by molar-refractivity contribution is 0.548. The van der Waals surface area contributed by atoms with Gasteiger partial charge in [-0.25, -0.2) is 0 Å². The summed E-state index contributed by atoms with van der Waals surface area (Å²) in [5.41, 5.74) is 1.36. The van der Waals surface area contributed by atoms with Crippen molar-refractivity contribution in [3.63, 3.8) is 0 Å². The minimum Gasteiger partial charge on any atom is -0.272 e. The maximum absolute atomic E-state index is 4.20. The monoisotopic (exact) mass is 194 g/mol. The Bertz CT molecular complexity index is 253. The first-order chi connectivity index (χ1) is 6.75. The zero-order valence-electron chi connectivity index (χ0n) is 9.66. The molecule has 0 saturated heterocycles. The van der Waals surface area contributed by atoms with Crippen molar-refractivity contribution in [1.82, 2.24) is 9.78 Å². The maximum atomic E-state index is 4.20. The lowest BCUT2D eigenvalue weighted by Gasteiger charge is -2.11. The highest BCUT2D eigenvalue weighted by atomic mass is 15.3. The first kappa shape index (κ1) is 11.3. The van der Waals surface area contributed by atoms with Gasteiger partial charge < -0.3 is 0 Å². The van der Waals surface area contributed by atoms with Crippen LogP contribution in [0.25, 0.3) is 0 Å². The molecule has 0 radical (unpaired) electrons. The minimum absolute atomic E-state index is 0.652. The second-order valence-corrected chi connectivity index (χ2v) is 4.13. The molecule has 0 spiro atoms. The first-order valence-electron chi connectivity index (χ1n) is 5.73. The molecule has 14 heavy (non-hydrogen) atoms. The Morgan fingerprint density at radius 1 is 1.36 bits per heavy atom.